The second-order valence-electron chi connectivity index (χ2n) is 4.40. The minimum absolute atomic E-state index is 0.340. The summed E-state index contributed by atoms with van der Waals surface area (Å²) in [5.74, 6) is 0.340. The summed E-state index contributed by atoms with van der Waals surface area (Å²) in [7, 11) is 0. The van der Waals surface area contributed by atoms with E-state index in [1.165, 1.54) is 18.4 Å². The third-order valence-electron chi connectivity index (χ3n) is 3.03. The number of hydrogen-bond acceptors (Lipinski definition) is 1. The van der Waals surface area contributed by atoms with Crippen LogP contribution < -0.4 is 0 Å². The number of allylic oxidation sites excluding steroid dienone is 7. The van der Waals surface area contributed by atoms with Gasteiger partial charge >= 0.3 is 0 Å². The Balaban J connectivity index is 2.98. The molecule has 1 rings (SSSR count). The molecule has 0 saturated carbocycles. The van der Waals surface area contributed by atoms with E-state index < -0.39 is 0 Å². The van der Waals surface area contributed by atoms with Gasteiger partial charge in [0.15, 0.2) is 0 Å². The Kier molecular flexibility index (Phi) is 6.78. The van der Waals surface area contributed by atoms with Crippen LogP contribution in [-0.2, 0) is 0 Å². The number of rotatable bonds is 7. The fraction of sp³-hybridized carbons (Fsp3) is 0.353. The van der Waals surface area contributed by atoms with Crippen LogP contribution in [0.4, 0.5) is 0 Å². The van der Waals surface area contributed by atoms with Crippen molar-refractivity contribution in [3.05, 3.63) is 60.9 Å². The first-order valence-electron chi connectivity index (χ1n) is 6.67. The second-order valence-corrected chi connectivity index (χ2v) is 4.40. The molecule has 0 spiro atoms. The summed E-state index contributed by atoms with van der Waals surface area (Å²) in [5.41, 5.74) is 2.43. The van der Waals surface area contributed by atoms with Gasteiger partial charge in [-0.15, -0.1) is 6.58 Å². The fourth-order valence-corrected chi connectivity index (χ4v) is 2.04. The normalized spacial score (nSPS) is 18.9. The van der Waals surface area contributed by atoms with Gasteiger partial charge in [0.05, 0.1) is 5.70 Å². The van der Waals surface area contributed by atoms with Gasteiger partial charge in [0, 0.05) is 12.1 Å². The molecule has 0 aromatic rings. The van der Waals surface area contributed by atoms with Gasteiger partial charge in [-0.2, -0.15) is 0 Å². The standard InChI is InChI=1S/C17H23N/c1-4-7-11-15(6-3)17(18-14-5-2)16-12-9-8-10-13-16/h5-6,8-10,12,14-15H,2-4,7,11,13H2,1H3/b17-16-,18-14-. The summed E-state index contributed by atoms with van der Waals surface area (Å²) >= 11 is 0. The molecule has 0 aromatic carbocycles. The van der Waals surface area contributed by atoms with Gasteiger partial charge in [0.1, 0.15) is 0 Å². The zero-order valence-electron chi connectivity index (χ0n) is 11.3. The van der Waals surface area contributed by atoms with Crippen molar-refractivity contribution >= 4 is 6.21 Å². The minimum atomic E-state index is 0.340. The van der Waals surface area contributed by atoms with E-state index in [9.17, 15) is 0 Å². The van der Waals surface area contributed by atoms with Crippen LogP contribution >= 0.6 is 0 Å². The van der Waals surface area contributed by atoms with E-state index in [0.717, 1.165) is 18.5 Å². The summed E-state index contributed by atoms with van der Waals surface area (Å²) in [5, 5.41) is 0. The van der Waals surface area contributed by atoms with Crippen LogP contribution in [0.3, 0.4) is 0 Å². The van der Waals surface area contributed by atoms with E-state index in [0.29, 0.717) is 5.92 Å². The van der Waals surface area contributed by atoms with Crippen LogP contribution in [0, 0.1) is 5.92 Å². The Morgan fingerprint density at radius 1 is 1.44 bits per heavy atom. The molecule has 18 heavy (non-hydrogen) atoms. The molecule has 0 N–H and O–H groups in total. The van der Waals surface area contributed by atoms with E-state index in [2.05, 4.69) is 49.4 Å². The van der Waals surface area contributed by atoms with E-state index in [4.69, 9.17) is 0 Å². The van der Waals surface area contributed by atoms with Gasteiger partial charge in [-0.25, -0.2) is 0 Å². The van der Waals surface area contributed by atoms with Crippen LogP contribution in [0.25, 0.3) is 0 Å². The highest BCUT2D eigenvalue weighted by Crippen LogP contribution is 2.27. The summed E-state index contributed by atoms with van der Waals surface area (Å²) in [4.78, 5) is 4.57. The predicted octanol–water partition coefficient (Wildman–Crippen LogP) is 5.01. The molecule has 1 atom stereocenters. The molecule has 0 fully saturated rings. The van der Waals surface area contributed by atoms with Crippen LogP contribution in [0.2, 0.25) is 0 Å². The van der Waals surface area contributed by atoms with Gasteiger partial charge in [-0.1, -0.05) is 62.8 Å². The van der Waals surface area contributed by atoms with E-state index in [1.54, 1.807) is 12.3 Å². The second kappa shape index (κ2) is 8.46. The summed E-state index contributed by atoms with van der Waals surface area (Å²) in [6, 6.07) is 0. The first-order chi connectivity index (χ1) is 8.83. The molecule has 0 aliphatic heterocycles. The Hall–Kier alpha value is -1.63. The van der Waals surface area contributed by atoms with Gasteiger partial charge in [0.2, 0.25) is 0 Å². The average Bonchev–Trinajstić information content (AvgIpc) is 2.43. The monoisotopic (exact) mass is 241 g/mol. The van der Waals surface area contributed by atoms with Crippen molar-refractivity contribution in [3.8, 4) is 0 Å². The molecular formula is C17H23N. The highest BCUT2D eigenvalue weighted by Gasteiger charge is 2.13. The lowest BCUT2D eigenvalue weighted by Crippen LogP contribution is -2.03. The van der Waals surface area contributed by atoms with E-state index >= 15 is 0 Å². The molecule has 1 heteroatoms. The third-order valence-corrected chi connectivity index (χ3v) is 3.03. The first kappa shape index (κ1) is 14.4. The van der Waals surface area contributed by atoms with Crippen molar-refractivity contribution in [1.82, 2.24) is 0 Å². The molecule has 0 radical (unpaired) electrons. The van der Waals surface area contributed by atoms with Crippen LogP contribution in [0.15, 0.2) is 65.9 Å². The fourth-order valence-electron chi connectivity index (χ4n) is 2.04. The zero-order valence-corrected chi connectivity index (χ0v) is 11.3. The number of nitrogens with zero attached hydrogens (tertiary/aromatic N) is 1. The number of unbranched alkanes of at least 4 members (excludes halogenated alkanes) is 1. The average molecular weight is 241 g/mol. The molecule has 1 unspecified atom stereocenters. The SMILES string of the molecule is C=C/C=N\C(=C1\C=CC=CC1)C(C=C)CCCC. The molecule has 0 heterocycles. The van der Waals surface area contributed by atoms with Gasteiger partial charge in [-0.3, -0.25) is 4.99 Å². The Morgan fingerprint density at radius 3 is 2.83 bits per heavy atom. The largest absolute Gasteiger partial charge is 0.260 e. The van der Waals surface area contributed by atoms with Crippen LogP contribution in [-0.4, -0.2) is 6.21 Å². The topological polar surface area (TPSA) is 12.4 Å². The summed E-state index contributed by atoms with van der Waals surface area (Å²) in [6.07, 6.45) is 18.5. The molecule has 96 valence electrons. The van der Waals surface area contributed by atoms with E-state index in [1.807, 2.05) is 6.08 Å². The summed E-state index contributed by atoms with van der Waals surface area (Å²) in [6.45, 7) is 9.87. The molecule has 0 aromatic heterocycles. The predicted molar refractivity (Wildman–Crippen MR) is 81.8 cm³/mol. The molecule has 1 aliphatic carbocycles. The maximum Gasteiger partial charge on any atom is 0.0507 e. The van der Waals surface area contributed by atoms with Crippen molar-refractivity contribution in [2.24, 2.45) is 10.9 Å². The lowest BCUT2D eigenvalue weighted by atomic mass is 9.92. The Morgan fingerprint density at radius 2 is 2.28 bits per heavy atom. The van der Waals surface area contributed by atoms with Gasteiger partial charge < -0.3 is 0 Å². The van der Waals surface area contributed by atoms with Crippen molar-refractivity contribution < 1.29 is 0 Å². The van der Waals surface area contributed by atoms with Crippen molar-refractivity contribution in [3.63, 3.8) is 0 Å². The highest BCUT2D eigenvalue weighted by molar-refractivity contribution is 5.71. The van der Waals surface area contributed by atoms with Gasteiger partial charge in [-0.05, 0) is 18.4 Å². The molecule has 1 aliphatic rings. The Bertz CT molecular complexity index is 394. The highest BCUT2D eigenvalue weighted by atomic mass is 14.7. The van der Waals surface area contributed by atoms with Crippen molar-refractivity contribution in [1.29, 1.82) is 0 Å². The lowest BCUT2D eigenvalue weighted by molar-refractivity contribution is 0.610. The number of aliphatic imine (C=N–C) groups is 1. The van der Waals surface area contributed by atoms with E-state index in [-0.39, 0.29) is 0 Å². The van der Waals surface area contributed by atoms with Crippen molar-refractivity contribution in [2.75, 3.05) is 0 Å². The zero-order chi connectivity index (χ0) is 13.2. The minimum Gasteiger partial charge on any atom is -0.260 e. The smallest absolute Gasteiger partial charge is 0.0507 e. The molecule has 0 saturated heterocycles. The third kappa shape index (κ3) is 4.33. The first-order valence-corrected chi connectivity index (χ1v) is 6.67. The summed E-state index contributed by atoms with van der Waals surface area (Å²) < 4.78 is 0. The van der Waals surface area contributed by atoms with Crippen LogP contribution in [0.5, 0.6) is 0 Å². The molecule has 1 nitrogen and oxygen atoms in total. The maximum atomic E-state index is 4.57. The quantitative estimate of drug-likeness (QED) is 0.439. The van der Waals surface area contributed by atoms with Gasteiger partial charge in [0.25, 0.3) is 0 Å². The number of hydrogen-bond donors (Lipinski definition) is 0. The lowest BCUT2D eigenvalue weighted by Gasteiger charge is -2.17. The molecular weight excluding hydrogens is 218 g/mol. The van der Waals surface area contributed by atoms with Crippen LogP contribution in [0.1, 0.15) is 32.6 Å². The Labute approximate surface area is 111 Å². The van der Waals surface area contributed by atoms with Crippen molar-refractivity contribution in [2.45, 2.75) is 32.6 Å². The maximum absolute atomic E-state index is 4.57. The molecule has 0 bridgehead atoms. The molecule has 0 amide bonds.